The maximum Gasteiger partial charge on any atom is 0.181 e. The van der Waals surface area contributed by atoms with Crippen molar-refractivity contribution >= 4 is 17.2 Å². The van der Waals surface area contributed by atoms with Crippen LogP contribution in [-0.4, -0.2) is 29.5 Å². The number of halogens is 3. The van der Waals surface area contributed by atoms with Crippen LogP contribution in [0.15, 0.2) is 43.0 Å². The first kappa shape index (κ1) is 15.5. The minimum absolute atomic E-state index is 0.138. The standard InChI is InChI=1S/C16H9ClF2N6/c17-14-11(19)6-20-15(24-14)13-7-25-16(21-8-22-25)12(23-13)5-9-3-1-2-4-10(9)18/h1-4,6-8H,5H2. The van der Waals surface area contributed by atoms with Crippen LogP contribution in [0.4, 0.5) is 8.78 Å². The molecule has 0 radical (unpaired) electrons. The van der Waals surface area contributed by atoms with Crippen LogP contribution >= 0.6 is 11.6 Å². The number of hydrogen-bond donors (Lipinski definition) is 0. The zero-order valence-electron chi connectivity index (χ0n) is 12.6. The van der Waals surface area contributed by atoms with Crippen molar-refractivity contribution in [3.63, 3.8) is 0 Å². The summed E-state index contributed by atoms with van der Waals surface area (Å²) in [6.45, 7) is 0. The Kier molecular flexibility index (Phi) is 3.81. The van der Waals surface area contributed by atoms with E-state index in [9.17, 15) is 8.78 Å². The van der Waals surface area contributed by atoms with Gasteiger partial charge in [-0.1, -0.05) is 29.8 Å². The summed E-state index contributed by atoms with van der Waals surface area (Å²) in [5.74, 6) is -0.925. The van der Waals surface area contributed by atoms with Crippen LogP contribution in [0.3, 0.4) is 0 Å². The molecule has 0 N–H and O–H groups in total. The Morgan fingerprint density at radius 2 is 1.88 bits per heavy atom. The molecule has 0 unspecified atom stereocenters. The average Bonchev–Trinajstić information content (AvgIpc) is 3.08. The van der Waals surface area contributed by atoms with Crippen molar-refractivity contribution in [1.29, 1.82) is 0 Å². The summed E-state index contributed by atoms with van der Waals surface area (Å²) in [5, 5.41) is 3.77. The molecule has 0 saturated heterocycles. The third-order valence-corrected chi connectivity index (χ3v) is 3.84. The van der Waals surface area contributed by atoms with Gasteiger partial charge in [0.05, 0.1) is 18.1 Å². The predicted molar refractivity (Wildman–Crippen MR) is 86.0 cm³/mol. The van der Waals surface area contributed by atoms with Crippen LogP contribution in [0.2, 0.25) is 5.15 Å². The number of aromatic nitrogens is 6. The lowest BCUT2D eigenvalue weighted by molar-refractivity contribution is 0.612. The molecular formula is C16H9ClF2N6. The molecule has 4 aromatic rings. The van der Waals surface area contributed by atoms with Crippen LogP contribution in [0.1, 0.15) is 11.3 Å². The molecule has 9 heteroatoms. The van der Waals surface area contributed by atoms with E-state index in [1.807, 2.05) is 0 Å². The van der Waals surface area contributed by atoms with Gasteiger partial charge in [-0.3, -0.25) is 0 Å². The maximum absolute atomic E-state index is 14.0. The summed E-state index contributed by atoms with van der Waals surface area (Å²) in [5.41, 5.74) is 1.77. The van der Waals surface area contributed by atoms with Crippen molar-refractivity contribution in [2.75, 3.05) is 0 Å². The Bertz CT molecular complexity index is 1080. The highest BCUT2D eigenvalue weighted by Crippen LogP contribution is 2.20. The third kappa shape index (κ3) is 2.91. The fourth-order valence-electron chi connectivity index (χ4n) is 2.41. The summed E-state index contributed by atoms with van der Waals surface area (Å²) < 4.78 is 28.7. The Hall–Kier alpha value is -3.00. The highest BCUT2D eigenvalue weighted by molar-refractivity contribution is 6.29. The van der Waals surface area contributed by atoms with Crippen molar-refractivity contribution < 1.29 is 8.78 Å². The van der Waals surface area contributed by atoms with Gasteiger partial charge in [0.1, 0.15) is 17.8 Å². The lowest BCUT2D eigenvalue weighted by Crippen LogP contribution is -2.04. The van der Waals surface area contributed by atoms with E-state index < -0.39 is 5.82 Å². The molecule has 1 aromatic carbocycles. The molecule has 0 amide bonds. The van der Waals surface area contributed by atoms with Crippen molar-refractivity contribution in [3.05, 3.63) is 71.0 Å². The summed E-state index contributed by atoms with van der Waals surface area (Å²) in [6, 6.07) is 6.40. The van der Waals surface area contributed by atoms with Crippen LogP contribution in [-0.2, 0) is 6.42 Å². The Balaban J connectivity index is 1.85. The Morgan fingerprint density at radius 1 is 1.04 bits per heavy atom. The van der Waals surface area contributed by atoms with E-state index in [1.165, 1.54) is 16.9 Å². The largest absolute Gasteiger partial charge is 0.244 e. The molecular weight excluding hydrogens is 350 g/mol. The van der Waals surface area contributed by atoms with E-state index in [4.69, 9.17) is 11.6 Å². The van der Waals surface area contributed by atoms with Crippen molar-refractivity contribution in [2.45, 2.75) is 6.42 Å². The van der Waals surface area contributed by atoms with Gasteiger partial charge in [0.2, 0.25) is 0 Å². The van der Waals surface area contributed by atoms with E-state index in [1.54, 1.807) is 24.4 Å². The first-order valence-corrected chi connectivity index (χ1v) is 7.60. The summed E-state index contributed by atoms with van der Waals surface area (Å²) in [4.78, 5) is 16.4. The second-order valence-corrected chi connectivity index (χ2v) is 5.56. The molecule has 0 fully saturated rings. The minimum atomic E-state index is -0.723. The number of hydrogen-bond acceptors (Lipinski definition) is 5. The van der Waals surface area contributed by atoms with Crippen molar-refractivity contribution in [1.82, 2.24) is 29.5 Å². The average molecular weight is 359 g/mol. The SMILES string of the molecule is Fc1ccccc1Cc1nc(-c2ncc(F)c(Cl)n2)cn2ncnc12. The molecule has 3 heterocycles. The van der Waals surface area contributed by atoms with Gasteiger partial charge in [-0.05, 0) is 11.6 Å². The van der Waals surface area contributed by atoms with E-state index in [2.05, 4.69) is 25.0 Å². The molecule has 0 aliphatic carbocycles. The van der Waals surface area contributed by atoms with Gasteiger partial charge in [-0.15, -0.1) is 0 Å². The minimum Gasteiger partial charge on any atom is -0.244 e. The summed E-state index contributed by atoms with van der Waals surface area (Å²) in [7, 11) is 0. The Labute approximate surface area is 145 Å². The fraction of sp³-hybridized carbons (Fsp3) is 0.0625. The molecule has 4 rings (SSSR count). The van der Waals surface area contributed by atoms with Crippen LogP contribution in [0, 0.1) is 11.6 Å². The topological polar surface area (TPSA) is 68.9 Å². The van der Waals surface area contributed by atoms with Gasteiger partial charge in [0.25, 0.3) is 0 Å². The van der Waals surface area contributed by atoms with Gasteiger partial charge in [0, 0.05) is 6.42 Å². The van der Waals surface area contributed by atoms with Gasteiger partial charge in [0.15, 0.2) is 22.4 Å². The molecule has 3 aromatic heterocycles. The van der Waals surface area contributed by atoms with Gasteiger partial charge in [-0.25, -0.2) is 33.2 Å². The predicted octanol–water partition coefficient (Wildman–Crippen LogP) is 3.10. The molecule has 0 aliphatic rings. The highest BCUT2D eigenvalue weighted by atomic mass is 35.5. The van der Waals surface area contributed by atoms with E-state index in [0.717, 1.165) is 6.20 Å². The molecule has 6 nitrogen and oxygen atoms in total. The Morgan fingerprint density at radius 3 is 2.68 bits per heavy atom. The second kappa shape index (κ2) is 6.14. The smallest absolute Gasteiger partial charge is 0.181 e. The second-order valence-electron chi connectivity index (χ2n) is 5.20. The van der Waals surface area contributed by atoms with Crippen LogP contribution in [0.5, 0.6) is 0 Å². The van der Waals surface area contributed by atoms with Gasteiger partial charge in [-0.2, -0.15) is 5.10 Å². The number of fused-ring (bicyclic) bond motifs is 1. The number of benzene rings is 1. The van der Waals surface area contributed by atoms with Crippen molar-refractivity contribution in [3.8, 4) is 11.5 Å². The van der Waals surface area contributed by atoms with Gasteiger partial charge >= 0.3 is 0 Å². The van der Waals surface area contributed by atoms with E-state index >= 15 is 0 Å². The maximum atomic E-state index is 14.0. The zero-order valence-corrected chi connectivity index (χ0v) is 13.3. The monoisotopic (exact) mass is 358 g/mol. The lowest BCUT2D eigenvalue weighted by Gasteiger charge is -2.07. The molecule has 0 atom stereocenters. The number of rotatable bonds is 3. The summed E-state index contributed by atoms with van der Waals surface area (Å²) >= 11 is 5.71. The van der Waals surface area contributed by atoms with E-state index in [0.29, 0.717) is 22.6 Å². The molecule has 0 spiro atoms. The third-order valence-electron chi connectivity index (χ3n) is 3.58. The van der Waals surface area contributed by atoms with Crippen molar-refractivity contribution in [2.24, 2.45) is 0 Å². The fourth-order valence-corrected chi connectivity index (χ4v) is 2.54. The van der Waals surface area contributed by atoms with Crippen LogP contribution in [0.25, 0.3) is 17.2 Å². The van der Waals surface area contributed by atoms with E-state index in [-0.39, 0.29) is 23.2 Å². The zero-order chi connectivity index (χ0) is 17.4. The molecule has 124 valence electrons. The quantitative estimate of drug-likeness (QED) is 0.526. The summed E-state index contributed by atoms with van der Waals surface area (Å²) in [6.07, 6.45) is 4.09. The lowest BCUT2D eigenvalue weighted by atomic mass is 10.1. The first-order valence-electron chi connectivity index (χ1n) is 7.23. The van der Waals surface area contributed by atoms with Gasteiger partial charge < -0.3 is 0 Å². The molecule has 0 saturated carbocycles. The normalized spacial score (nSPS) is 11.2. The van der Waals surface area contributed by atoms with Crippen LogP contribution < -0.4 is 0 Å². The molecule has 25 heavy (non-hydrogen) atoms. The molecule has 0 aliphatic heterocycles. The highest BCUT2D eigenvalue weighted by Gasteiger charge is 2.15. The number of nitrogens with zero attached hydrogens (tertiary/aromatic N) is 6. The first-order chi connectivity index (χ1) is 12.1. The molecule has 0 bridgehead atoms.